The molecule has 1 aromatic heterocycles. The Kier molecular flexibility index (Phi) is 10.8. The van der Waals surface area contributed by atoms with Crippen molar-refractivity contribution in [2.45, 2.75) is 78.1 Å². The molecule has 0 unspecified atom stereocenters. The summed E-state index contributed by atoms with van der Waals surface area (Å²) in [6.45, 7) is 4.57. The van der Waals surface area contributed by atoms with Crippen molar-refractivity contribution >= 4 is 38.9 Å². The number of aryl methyl sites for hydroxylation is 2. The van der Waals surface area contributed by atoms with Crippen molar-refractivity contribution in [1.82, 2.24) is 4.57 Å². The van der Waals surface area contributed by atoms with E-state index in [1.807, 2.05) is 0 Å². The normalized spacial score (nSPS) is 11.4. The van der Waals surface area contributed by atoms with Gasteiger partial charge in [0.05, 0.1) is 11.0 Å². The molecule has 0 aliphatic rings. The number of hydrogen-bond acceptors (Lipinski definition) is 1. The number of fused-ring (bicyclic) bond motifs is 3. The van der Waals surface area contributed by atoms with Gasteiger partial charge in [-0.25, -0.2) is 0 Å². The fraction of sp³-hybridized carbons (Fsp3) is 0.250. The Morgan fingerprint density at radius 3 is 1.32 bits per heavy atom. The molecule has 0 radical (unpaired) electrons. The Balaban J connectivity index is 1.20. The van der Waals surface area contributed by atoms with Gasteiger partial charge < -0.3 is 9.47 Å². The third-order valence-corrected chi connectivity index (χ3v) is 10.1. The van der Waals surface area contributed by atoms with E-state index in [0.717, 1.165) is 29.9 Å². The number of rotatable bonds is 15. The van der Waals surface area contributed by atoms with Crippen LogP contribution in [0.5, 0.6) is 0 Å². The molecule has 0 aliphatic carbocycles. The van der Waals surface area contributed by atoms with Gasteiger partial charge in [0.25, 0.3) is 0 Å². The first-order valence-electron chi connectivity index (χ1n) is 18.9. The molecular weight excluding hydrogens is 605 g/mol. The summed E-state index contributed by atoms with van der Waals surface area (Å²) in [4.78, 5) is 2.31. The highest BCUT2D eigenvalue weighted by Crippen LogP contribution is 2.37. The lowest BCUT2D eigenvalue weighted by Gasteiger charge is -2.25. The molecular formula is C48H50N2. The fourth-order valence-electron chi connectivity index (χ4n) is 7.43. The van der Waals surface area contributed by atoms with Crippen LogP contribution in [0.25, 0.3) is 38.6 Å². The van der Waals surface area contributed by atoms with Crippen LogP contribution >= 0.6 is 0 Å². The van der Waals surface area contributed by atoms with E-state index in [2.05, 4.69) is 169 Å². The molecule has 0 fully saturated rings. The second-order valence-corrected chi connectivity index (χ2v) is 13.8. The molecule has 2 heteroatoms. The van der Waals surface area contributed by atoms with E-state index in [1.165, 1.54) is 101 Å². The van der Waals surface area contributed by atoms with E-state index in [9.17, 15) is 0 Å². The van der Waals surface area contributed by atoms with Crippen molar-refractivity contribution in [3.05, 3.63) is 157 Å². The van der Waals surface area contributed by atoms with Crippen molar-refractivity contribution < 1.29 is 0 Å². The molecule has 0 N–H and O–H groups in total. The monoisotopic (exact) mass is 654 g/mol. The minimum Gasteiger partial charge on any atom is -0.311 e. The van der Waals surface area contributed by atoms with Gasteiger partial charge >= 0.3 is 0 Å². The molecule has 7 aromatic rings. The summed E-state index contributed by atoms with van der Waals surface area (Å²) in [5.41, 5.74) is 12.6. The molecule has 252 valence electrons. The van der Waals surface area contributed by atoms with Gasteiger partial charge in [0.2, 0.25) is 0 Å². The van der Waals surface area contributed by atoms with E-state index in [-0.39, 0.29) is 0 Å². The minimum absolute atomic E-state index is 1.14. The van der Waals surface area contributed by atoms with Crippen LogP contribution in [-0.4, -0.2) is 4.57 Å². The van der Waals surface area contributed by atoms with E-state index in [4.69, 9.17) is 0 Å². The molecule has 0 aliphatic heterocycles. The summed E-state index contributed by atoms with van der Waals surface area (Å²) < 4.78 is 2.47. The van der Waals surface area contributed by atoms with Gasteiger partial charge in [0, 0.05) is 33.5 Å². The second kappa shape index (κ2) is 16.1. The Hall–Kier alpha value is -5.08. The second-order valence-electron chi connectivity index (χ2n) is 13.8. The molecule has 2 nitrogen and oxygen atoms in total. The van der Waals surface area contributed by atoms with Crippen LogP contribution in [0.3, 0.4) is 0 Å². The number of benzene rings is 6. The van der Waals surface area contributed by atoms with Crippen molar-refractivity contribution in [3.63, 3.8) is 0 Å². The number of para-hydroxylation sites is 2. The van der Waals surface area contributed by atoms with Crippen LogP contribution < -0.4 is 4.90 Å². The molecule has 0 saturated carbocycles. The first-order valence-corrected chi connectivity index (χ1v) is 18.9. The molecule has 0 amide bonds. The topological polar surface area (TPSA) is 8.17 Å². The standard InChI is InChI=1S/C48H50N2/c1-3-5-7-11-17-37-23-33-47-45(35-37)46-36-38(18-12-8-6-4-2)24-34-48(46)50(47)44-31-27-40(28-32-44)39-25-29-43(30-26-39)49(41-19-13-9-14-20-41)42-21-15-10-16-22-42/h9-10,13-16,19-36H,3-8,11-12,17-18H2,1-2H3. The van der Waals surface area contributed by atoms with Gasteiger partial charge in [-0.05, 0) is 121 Å². The van der Waals surface area contributed by atoms with Gasteiger partial charge in [0.1, 0.15) is 0 Å². The number of unbranched alkanes of at least 4 members (excludes halogenated alkanes) is 6. The smallest absolute Gasteiger partial charge is 0.0541 e. The summed E-state index contributed by atoms with van der Waals surface area (Å²) in [5, 5.41) is 2.76. The fourth-order valence-corrected chi connectivity index (χ4v) is 7.43. The van der Waals surface area contributed by atoms with Crippen LogP contribution in [0.2, 0.25) is 0 Å². The maximum atomic E-state index is 2.48. The predicted molar refractivity (Wildman–Crippen MR) is 217 cm³/mol. The maximum Gasteiger partial charge on any atom is 0.0541 e. The summed E-state index contributed by atoms with van der Waals surface area (Å²) >= 11 is 0. The lowest BCUT2D eigenvalue weighted by Crippen LogP contribution is -2.09. The van der Waals surface area contributed by atoms with Crippen molar-refractivity contribution in [2.24, 2.45) is 0 Å². The zero-order valence-electron chi connectivity index (χ0n) is 29.8. The van der Waals surface area contributed by atoms with Crippen LogP contribution in [0.1, 0.15) is 76.3 Å². The molecule has 0 spiro atoms. The van der Waals surface area contributed by atoms with Crippen LogP contribution in [0, 0.1) is 0 Å². The molecule has 7 rings (SSSR count). The number of hydrogen-bond donors (Lipinski definition) is 0. The SMILES string of the molecule is CCCCCCc1ccc2c(c1)c1cc(CCCCCC)ccc1n2-c1ccc(-c2ccc(N(c3ccccc3)c3ccccc3)cc2)cc1. The van der Waals surface area contributed by atoms with E-state index < -0.39 is 0 Å². The molecule has 6 aromatic carbocycles. The molecule has 1 heterocycles. The van der Waals surface area contributed by atoms with Crippen LogP contribution in [0.15, 0.2) is 146 Å². The quantitative estimate of drug-likeness (QED) is 0.0999. The number of aromatic nitrogens is 1. The zero-order chi connectivity index (χ0) is 34.1. The summed E-state index contributed by atoms with van der Waals surface area (Å²) in [5.74, 6) is 0. The van der Waals surface area contributed by atoms with Gasteiger partial charge in [-0.3, -0.25) is 0 Å². The Labute approximate surface area is 299 Å². The van der Waals surface area contributed by atoms with Gasteiger partial charge in [0.15, 0.2) is 0 Å². The Morgan fingerprint density at radius 1 is 0.420 bits per heavy atom. The zero-order valence-corrected chi connectivity index (χ0v) is 29.8. The first-order chi connectivity index (χ1) is 24.7. The van der Waals surface area contributed by atoms with Crippen molar-refractivity contribution in [1.29, 1.82) is 0 Å². The number of anilines is 3. The third kappa shape index (κ3) is 7.41. The van der Waals surface area contributed by atoms with Gasteiger partial charge in [-0.15, -0.1) is 0 Å². The number of nitrogens with zero attached hydrogens (tertiary/aromatic N) is 2. The largest absolute Gasteiger partial charge is 0.311 e. The lowest BCUT2D eigenvalue weighted by atomic mass is 10.0. The van der Waals surface area contributed by atoms with E-state index >= 15 is 0 Å². The maximum absolute atomic E-state index is 2.48. The van der Waals surface area contributed by atoms with Gasteiger partial charge in [-0.1, -0.05) is 125 Å². The highest BCUT2D eigenvalue weighted by Gasteiger charge is 2.15. The molecule has 50 heavy (non-hydrogen) atoms. The van der Waals surface area contributed by atoms with Gasteiger partial charge in [-0.2, -0.15) is 0 Å². The van der Waals surface area contributed by atoms with Crippen LogP contribution in [-0.2, 0) is 12.8 Å². The predicted octanol–water partition coefficient (Wildman–Crippen LogP) is 14.2. The van der Waals surface area contributed by atoms with Crippen molar-refractivity contribution in [2.75, 3.05) is 4.90 Å². The Morgan fingerprint density at radius 2 is 0.860 bits per heavy atom. The first kappa shape index (κ1) is 33.4. The molecule has 0 saturated heterocycles. The highest BCUT2D eigenvalue weighted by molar-refractivity contribution is 6.09. The highest BCUT2D eigenvalue weighted by atomic mass is 15.1. The average molecular weight is 655 g/mol. The summed E-state index contributed by atoms with van der Waals surface area (Å²) in [6, 6.07) is 53.7. The third-order valence-electron chi connectivity index (χ3n) is 10.1. The lowest BCUT2D eigenvalue weighted by molar-refractivity contribution is 0.667. The minimum atomic E-state index is 1.14. The van der Waals surface area contributed by atoms with Crippen molar-refractivity contribution in [3.8, 4) is 16.8 Å². The molecule has 0 atom stereocenters. The summed E-state index contributed by atoms with van der Waals surface area (Å²) in [7, 11) is 0. The summed E-state index contributed by atoms with van der Waals surface area (Å²) in [6.07, 6.45) is 12.7. The molecule has 0 bridgehead atoms. The van der Waals surface area contributed by atoms with Crippen LogP contribution in [0.4, 0.5) is 17.1 Å². The van der Waals surface area contributed by atoms with E-state index in [0.29, 0.717) is 0 Å². The van der Waals surface area contributed by atoms with E-state index in [1.54, 1.807) is 0 Å². The average Bonchev–Trinajstić information content (AvgIpc) is 3.49. The Bertz CT molecular complexity index is 2000.